The zero-order valence-corrected chi connectivity index (χ0v) is 9.99. The minimum Gasteiger partial charge on any atom is -0.298 e. The van der Waals surface area contributed by atoms with Crippen molar-refractivity contribution < 1.29 is 4.79 Å². The van der Waals surface area contributed by atoms with Gasteiger partial charge in [0.15, 0.2) is 0 Å². The largest absolute Gasteiger partial charge is 0.298 e. The van der Waals surface area contributed by atoms with E-state index in [4.69, 9.17) is 0 Å². The van der Waals surface area contributed by atoms with Gasteiger partial charge in [-0.3, -0.25) is 4.79 Å². The van der Waals surface area contributed by atoms with Gasteiger partial charge in [0, 0.05) is 0 Å². The van der Waals surface area contributed by atoms with Crippen LogP contribution in [0.2, 0.25) is 0 Å². The summed E-state index contributed by atoms with van der Waals surface area (Å²) in [6.45, 7) is 4.55. The maximum atomic E-state index is 11.1. The molecule has 0 saturated heterocycles. The highest BCUT2D eigenvalue weighted by atomic mass is 16.1. The second-order valence-electron chi connectivity index (χ2n) is 5.33. The monoisotopic (exact) mass is 214 g/mol. The lowest BCUT2D eigenvalue weighted by atomic mass is 9.73. The van der Waals surface area contributed by atoms with Crippen molar-refractivity contribution in [3.05, 3.63) is 41.5 Å². The minimum atomic E-state index is 0.317. The Labute approximate surface area is 97.2 Å². The van der Waals surface area contributed by atoms with Gasteiger partial charge in [0.25, 0.3) is 0 Å². The molecular weight excluding hydrogens is 196 g/mol. The Morgan fingerprint density at radius 1 is 1.19 bits per heavy atom. The van der Waals surface area contributed by atoms with Crippen molar-refractivity contribution in [2.75, 3.05) is 0 Å². The van der Waals surface area contributed by atoms with Gasteiger partial charge < -0.3 is 0 Å². The lowest BCUT2D eigenvalue weighted by molar-refractivity contribution is -0.105. The summed E-state index contributed by atoms with van der Waals surface area (Å²) in [7, 11) is 0. The Bertz CT molecular complexity index is 412. The Balaban J connectivity index is 2.42. The third-order valence-electron chi connectivity index (χ3n) is 3.38. The molecule has 2 rings (SSSR count). The summed E-state index contributed by atoms with van der Waals surface area (Å²) in [6.07, 6.45) is 4.07. The molecule has 0 fully saturated rings. The van der Waals surface area contributed by atoms with E-state index in [1.165, 1.54) is 11.1 Å². The van der Waals surface area contributed by atoms with Gasteiger partial charge in [-0.25, -0.2) is 0 Å². The topological polar surface area (TPSA) is 17.1 Å². The minimum absolute atomic E-state index is 0.317. The van der Waals surface area contributed by atoms with Crippen LogP contribution in [0.1, 0.15) is 38.7 Å². The molecule has 0 spiro atoms. The van der Waals surface area contributed by atoms with Crippen LogP contribution >= 0.6 is 0 Å². The van der Waals surface area contributed by atoms with Crippen LogP contribution < -0.4 is 0 Å². The smallest absolute Gasteiger partial charge is 0.146 e. The maximum Gasteiger partial charge on any atom is 0.146 e. The van der Waals surface area contributed by atoms with Crippen LogP contribution in [0.15, 0.2) is 35.9 Å². The van der Waals surface area contributed by atoms with E-state index >= 15 is 0 Å². The summed E-state index contributed by atoms with van der Waals surface area (Å²) >= 11 is 0. The molecule has 0 heterocycles. The lowest BCUT2D eigenvalue weighted by Crippen LogP contribution is -2.18. The first-order chi connectivity index (χ1) is 7.62. The summed E-state index contributed by atoms with van der Waals surface area (Å²) < 4.78 is 0. The summed E-state index contributed by atoms with van der Waals surface area (Å²) in [6, 6.07) is 10.3. The van der Waals surface area contributed by atoms with Crippen LogP contribution in [-0.4, -0.2) is 6.29 Å². The second-order valence-corrected chi connectivity index (χ2v) is 5.33. The molecule has 0 atom stereocenters. The first-order valence-electron chi connectivity index (χ1n) is 5.85. The van der Waals surface area contributed by atoms with Gasteiger partial charge in [0.2, 0.25) is 0 Å². The number of carbonyl (C=O) groups excluding carboxylic acids is 1. The van der Waals surface area contributed by atoms with Crippen molar-refractivity contribution in [3.63, 3.8) is 0 Å². The summed E-state index contributed by atoms with van der Waals surface area (Å²) in [4.78, 5) is 11.1. The number of aldehydes is 1. The molecule has 1 nitrogen and oxygen atoms in total. The molecule has 16 heavy (non-hydrogen) atoms. The molecule has 1 aliphatic rings. The van der Waals surface area contributed by atoms with Crippen LogP contribution in [-0.2, 0) is 4.79 Å². The Morgan fingerprint density at radius 3 is 2.50 bits per heavy atom. The van der Waals surface area contributed by atoms with Gasteiger partial charge in [-0.2, -0.15) is 0 Å². The summed E-state index contributed by atoms with van der Waals surface area (Å²) in [5.41, 5.74) is 3.76. The lowest BCUT2D eigenvalue weighted by Gasteiger charge is -2.32. The Morgan fingerprint density at radius 2 is 1.88 bits per heavy atom. The molecule has 1 aromatic carbocycles. The average Bonchev–Trinajstić information content (AvgIpc) is 2.29. The number of allylic oxidation sites excluding steroid dienone is 2. The van der Waals surface area contributed by atoms with Crippen LogP contribution in [0.4, 0.5) is 0 Å². The van der Waals surface area contributed by atoms with Gasteiger partial charge in [0.05, 0.1) is 0 Å². The number of carbonyl (C=O) groups is 1. The molecule has 1 aromatic rings. The van der Waals surface area contributed by atoms with E-state index in [0.717, 1.165) is 31.1 Å². The fourth-order valence-electron chi connectivity index (χ4n) is 2.36. The SMILES string of the molecule is CC1(C)CCC(C=O)=C(c2ccccc2)C1. The van der Waals surface area contributed by atoms with E-state index in [1.54, 1.807) is 0 Å². The van der Waals surface area contributed by atoms with Crippen molar-refractivity contribution in [1.29, 1.82) is 0 Å². The van der Waals surface area contributed by atoms with E-state index < -0.39 is 0 Å². The predicted molar refractivity (Wildman–Crippen MR) is 67.1 cm³/mol. The molecular formula is C15H18O. The van der Waals surface area contributed by atoms with Crippen LogP contribution in [0.25, 0.3) is 5.57 Å². The van der Waals surface area contributed by atoms with E-state index in [-0.39, 0.29) is 0 Å². The Hall–Kier alpha value is -1.37. The van der Waals surface area contributed by atoms with E-state index in [2.05, 4.69) is 26.0 Å². The highest BCUT2D eigenvalue weighted by Gasteiger charge is 2.27. The third-order valence-corrected chi connectivity index (χ3v) is 3.38. The molecule has 1 heteroatoms. The third kappa shape index (κ3) is 2.24. The number of rotatable bonds is 2. The maximum absolute atomic E-state index is 11.1. The van der Waals surface area contributed by atoms with Gasteiger partial charge >= 0.3 is 0 Å². The van der Waals surface area contributed by atoms with E-state index in [9.17, 15) is 4.79 Å². The number of hydrogen-bond donors (Lipinski definition) is 0. The van der Waals surface area contributed by atoms with Gasteiger partial charge in [-0.05, 0) is 41.4 Å². The highest BCUT2D eigenvalue weighted by molar-refractivity contribution is 5.89. The van der Waals surface area contributed by atoms with Gasteiger partial charge in [-0.1, -0.05) is 44.2 Å². The van der Waals surface area contributed by atoms with Gasteiger partial charge in [0.1, 0.15) is 6.29 Å². The van der Waals surface area contributed by atoms with Gasteiger partial charge in [-0.15, -0.1) is 0 Å². The van der Waals surface area contributed by atoms with Crippen LogP contribution in [0.3, 0.4) is 0 Å². The number of benzene rings is 1. The first kappa shape index (κ1) is 11.1. The molecule has 0 unspecified atom stereocenters. The molecule has 0 saturated carbocycles. The van der Waals surface area contributed by atoms with E-state index in [0.29, 0.717) is 5.41 Å². The Kier molecular flexibility index (Phi) is 2.95. The van der Waals surface area contributed by atoms with Crippen molar-refractivity contribution in [2.45, 2.75) is 33.1 Å². The molecule has 0 amide bonds. The molecule has 0 aliphatic heterocycles. The predicted octanol–water partition coefficient (Wildman–Crippen LogP) is 3.85. The van der Waals surface area contributed by atoms with Crippen molar-refractivity contribution in [3.8, 4) is 0 Å². The molecule has 0 radical (unpaired) electrons. The highest BCUT2D eigenvalue weighted by Crippen LogP contribution is 2.42. The molecule has 0 N–H and O–H groups in total. The molecule has 1 aliphatic carbocycles. The summed E-state index contributed by atoms with van der Waals surface area (Å²) in [5, 5.41) is 0. The standard InChI is InChI=1S/C15H18O/c1-15(2)9-8-13(11-16)14(10-15)12-6-4-3-5-7-12/h3-7,11H,8-10H2,1-2H3. The van der Waals surface area contributed by atoms with Crippen molar-refractivity contribution >= 4 is 11.9 Å². The average molecular weight is 214 g/mol. The van der Waals surface area contributed by atoms with Crippen molar-refractivity contribution in [2.24, 2.45) is 5.41 Å². The number of hydrogen-bond acceptors (Lipinski definition) is 1. The fraction of sp³-hybridized carbons (Fsp3) is 0.400. The second kappa shape index (κ2) is 4.25. The quantitative estimate of drug-likeness (QED) is 0.683. The molecule has 84 valence electrons. The fourth-order valence-corrected chi connectivity index (χ4v) is 2.36. The first-order valence-corrected chi connectivity index (χ1v) is 5.85. The normalized spacial score (nSPS) is 19.6. The zero-order chi connectivity index (χ0) is 11.6. The van der Waals surface area contributed by atoms with E-state index in [1.807, 2.05) is 18.2 Å². The van der Waals surface area contributed by atoms with Crippen molar-refractivity contribution in [1.82, 2.24) is 0 Å². The van der Waals surface area contributed by atoms with Crippen LogP contribution in [0, 0.1) is 5.41 Å². The molecule has 0 bridgehead atoms. The van der Waals surface area contributed by atoms with Crippen LogP contribution in [0.5, 0.6) is 0 Å². The zero-order valence-electron chi connectivity index (χ0n) is 9.99. The molecule has 0 aromatic heterocycles. The summed E-state index contributed by atoms with van der Waals surface area (Å²) in [5.74, 6) is 0.